The molecule has 4 rings (SSSR count). The van der Waals surface area contributed by atoms with Crippen LogP contribution in [0.2, 0.25) is 0 Å². The second kappa shape index (κ2) is 5.55. The van der Waals surface area contributed by atoms with Gasteiger partial charge in [-0.25, -0.2) is 18.7 Å². The van der Waals surface area contributed by atoms with Crippen LogP contribution < -0.4 is 10.2 Å². The van der Waals surface area contributed by atoms with Crippen molar-refractivity contribution in [2.75, 3.05) is 24.5 Å². The first kappa shape index (κ1) is 14.6. The van der Waals surface area contributed by atoms with Gasteiger partial charge in [0, 0.05) is 24.8 Å². The van der Waals surface area contributed by atoms with Crippen LogP contribution in [0.25, 0.3) is 22.4 Å². The maximum Gasteiger partial charge on any atom is 0.239 e. The summed E-state index contributed by atoms with van der Waals surface area (Å²) in [4.78, 5) is 25.3. The number of halogens is 2. The summed E-state index contributed by atoms with van der Waals surface area (Å²) >= 11 is 0. The van der Waals surface area contributed by atoms with Crippen LogP contribution in [-0.4, -0.2) is 40.5 Å². The summed E-state index contributed by atoms with van der Waals surface area (Å²) in [7, 11) is 0. The Bertz CT molecular complexity index is 939. The highest BCUT2D eigenvalue weighted by molar-refractivity contribution is 5.91. The first-order valence-electron chi connectivity index (χ1n) is 7.43. The van der Waals surface area contributed by atoms with Crippen LogP contribution in [0, 0.1) is 11.6 Å². The van der Waals surface area contributed by atoms with Gasteiger partial charge in [0.1, 0.15) is 11.3 Å². The van der Waals surface area contributed by atoms with Crippen LogP contribution >= 0.6 is 0 Å². The number of imidazole rings is 1. The van der Waals surface area contributed by atoms with Gasteiger partial charge in [0.25, 0.3) is 0 Å². The molecule has 0 bridgehead atoms. The number of nitrogens with zero attached hydrogens (tertiary/aromatic N) is 3. The van der Waals surface area contributed by atoms with E-state index in [0.29, 0.717) is 41.3 Å². The Hall–Kier alpha value is -3.03. The Kier molecular flexibility index (Phi) is 3.37. The highest BCUT2D eigenvalue weighted by Crippen LogP contribution is 2.27. The summed E-state index contributed by atoms with van der Waals surface area (Å²) in [5.74, 6) is -0.904. The Balaban J connectivity index is 1.79. The largest absolute Gasteiger partial charge is 0.353 e. The molecule has 24 heavy (non-hydrogen) atoms. The number of anilines is 1. The molecule has 1 aliphatic heterocycles. The third kappa shape index (κ3) is 2.45. The first-order chi connectivity index (χ1) is 11.6. The van der Waals surface area contributed by atoms with Crippen molar-refractivity contribution in [2.24, 2.45) is 0 Å². The second-order valence-electron chi connectivity index (χ2n) is 5.52. The van der Waals surface area contributed by atoms with Gasteiger partial charge < -0.3 is 15.2 Å². The second-order valence-corrected chi connectivity index (χ2v) is 5.52. The van der Waals surface area contributed by atoms with Crippen molar-refractivity contribution >= 4 is 22.8 Å². The average molecular weight is 329 g/mol. The molecular weight excluding hydrogens is 316 g/mol. The van der Waals surface area contributed by atoms with Gasteiger partial charge in [-0.05, 0) is 24.3 Å². The molecule has 6 nitrogen and oxygen atoms in total. The third-order valence-corrected chi connectivity index (χ3v) is 3.91. The lowest BCUT2D eigenvalue weighted by Gasteiger charge is -2.27. The van der Waals surface area contributed by atoms with Crippen molar-refractivity contribution in [2.45, 2.75) is 0 Å². The zero-order valence-electron chi connectivity index (χ0n) is 12.5. The molecule has 0 aliphatic carbocycles. The lowest BCUT2D eigenvalue weighted by atomic mass is 10.2. The number of hydrogen-bond acceptors (Lipinski definition) is 4. The maximum atomic E-state index is 13.5. The molecule has 0 unspecified atom stereocenters. The molecule has 1 aromatic carbocycles. The number of pyridine rings is 1. The third-order valence-electron chi connectivity index (χ3n) is 3.91. The number of rotatable bonds is 2. The Morgan fingerprint density at radius 3 is 2.83 bits per heavy atom. The fraction of sp³-hybridized carbons (Fsp3) is 0.188. The molecular formula is C16H13F2N5O. The molecule has 0 atom stereocenters. The SMILES string of the molecule is O=C1CN(c2nccc3[nH]c(-c4ccc(F)c(F)c4)nc23)CCN1. The number of aromatic nitrogens is 3. The Morgan fingerprint density at radius 2 is 2.04 bits per heavy atom. The number of aromatic amines is 1. The minimum atomic E-state index is -0.931. The molecule has 1 fully saturated rings. The maximum absolute atomic E-state index is 13.5. The number of benzene rings is 1. The first-order valence-corrected chi connectivity index (χ1v) is 7.43. The van der Waals surface area contributed by atoms with E-state index in [9.17, 15) is 13.6 Å². The number of carbonyl (C=O) groups excluding carboxylic acids is 1. The number of nitrogens with one attached hydrogen (secondary N) is 2. The molecule has 0 saturated carbocycles. The van der Waals surface area contributed by atoms with Crippen molar-refractivity contribution in [3.05, 3.63) is 42.1 Å². The zero-order chi connectivity index (χ0) is 16.7. The van der Waals surface area contributed by atoms with Crippen molar-refractivity contribution < 1.29 is 13.6 Å². The predicted octanol–water partition coefficient (Wildman–Crippen LogP) is 1.84. The molecule has 3 heterocycles. The van der Waals surface area contributed by atoms with E-state index >= 15 is 0 Å². The quantitative estimate of drug-likeness (QED) is 0.752. The highest BCUT2D eigenvalue weighted by atomic mass is 19.2. The van der Waals surface area contributed by atoms with E-state index in [2.05, 4.69) is 20.3 Å². The molecule has 8 heteroatoms. The zero-order valence-corrected chi connectivity index (χ0v) is 12.5. The van der Waals surface area contributed by atoms with Gasteiger partial charge in [0.2, 0.25) is 5.91 Å². The van der Waals surface area contributed by atoms with Crippen molar-refractivity contribution in [3.8, 4) is 11.4 Å². The lowest BCUT2D eigenvalue weighted by Crippen LogP contribution is -2.48. The molecule has 0 radical (unpaired) electrons. The smallest absolute Gasteiger partial charge is 0.239 e. The van der Waals surface area contributed by atoms with E-state index in [0.717, 1.165) is 12.1 Å². The average Bonchev–Trinajstić information content (AvgIpc) is 3.01. The predicted molar refractivity (Wildman–Crippen MR) is 84.5 cm³/mol. The number of carbonyl (C=O) groups is 1. The van der Waals surface area contributed by atoms with Crippen molar-refractivity contribution in [1.82, 2.24) is 20.3 Å². The van der Waals surface area contributed by atoms with Crippen LogP contribution in [0.1, 0.15) is 0 Å². The van der Waals surface area contributed by atoms with Gasteiger partial charge in [-0.3, -0.25) is 4.79 Å². The molecule has 1 saturated heterocycles. The van der Waals surface area contributed by atoms with E-state index in [4.69, 9.17) is 0 Å². The topological polar surface area (TPSA) is 73.9 Å². The molecule has 1 amide bonds. The minimum Gasteiger partial charge on any atom is -0.353 e. The number of amides is 1. The molecule has 3 aromatic rings. The summed E-state index contributed by atoms with van der Waals surface area (Å²) in [6, 6.07) is 5.36. The highest BCUT2D eigenvalue weighted by Gasteiger charge is 2.21. The fourth-order valence-electron chi connectivity index (χ4n) is 2.75. The van der Waals surface area contributed by atoms with E-state index in [-0.39, 0.29) is 12.5 Å². The van der Waals surface area contributed by atoms with Gasteiger partial charge in [0.05, 0.1) is 12.1 Å². The van der Waals surface area contributed by atoms with Crippen LogP contribution in [-0.2, 0) is 4.79 Å². The summed E-state index contributed by atoms with van der Waals surface area (Å²) in [5.41, 5.74) is 1.74. The van der Waals surface area contributed by atoms with Crippen molar-refractivity contribution in [1.29, 1.82) is 0 Å². The molecule has 122 valence electrons. The molecule has 0 spiro atoms. The van der Waals surface area contributed by atoms with Gasteiger partial charge in [0.15, 0.2) is 17.5 Å². The summed E-state index contributed by atoms with van der Waals surface area (Å²) in [5, 5.41) is 2.76. The van der Waals surface area contributed by atoms with Gasteiger partial charge in [-0.1, -0.05) is 0 Å². The van der Waals surface area contributed by atoms with Crippen LogP contribution in [0.5, 0.6) is 0 Å². The lowest BCUT2D eigenvalue weighted by molar-refractivity contribution is -0.120. The normalized spacial score (nSPS) is 14.9. The monoisotopic (exact) mass is 329 g/mol. The number of fused-ring (bicyclic) bond motifs is 1. The van der Waals surface area contributed by atoms with Crippen LogP contribution in [0.4, 0.5) is 14.6 Å². The standard InChI is InChI=1S/C16H13F2N5O/c17-10-2-1-9(7-11(10)18)15-21-12-3-4-20-16(14(12)22-15)23-6-5-19-13(24)8-23/h1-4,7H,5-6,8H2,(H,19,24)(H,21,22). The Morgan fingerprint density at radius 1 is 1.17 bits per heavy atom. The van der Waals surface area contributed by atoms with Crippen molar-refractivity contribution in [3.63, 3.8) is 0 Å². The Labute approximate surface area is 135 Å². The molecule has 1 aliphatic rings. The van der Waals surface area contributed by atoms with E-state index in [1.54, 1.807) is 12.3 Å². The fourth-order valence-corrected chi connectivity index (χ4v) is 2.75. The summed E-state index contributed by atoms with van der Waals surface area (Å²) < 4.78 is 26.6. The number of piperazine rings is 1. The molecule has 2 aromatic heterocycles. The summed E-state index contributed by atoms with van der Waals surface area (Å²) in [6.07, 6.45) is 1.62. The van der Waals surface area contributed by atoms with Gasteiger partial charge >= 0.3 is 0 Å². The van der Waals surface area contributed by atoms with E-state index in [1.807, 2.05) is 4.90 Å². The van der Waals surface area contributed by atoms with Crippen LogP contribution in [0.3, 0.4) is 0 Å². The van der Waals surface area contributed by atoms with Gasteiger partial charge in [-0.15, -0.1) is 0 Å². The molecule has 2 N–H and O–H groups in total. The summed E-state index contributed by atoms with van der Waals surface area (Å²) in [6.45, 7) is 1.38. The number of H-pyrrole nitrogens is 1. The minimum absolute atomic E-state index is 0.0728. The van der Waals surface area contributed by atoms with Crippen LogP contribution in [0.15, 0.2) is 30.5 Å². The number of hydrogen-bond donors (Lipinski definition) is 2. The van der Waals surface area contributed by atoms with E-state index < -0.39 is 11.6 Å². The van der Waals surface area contributed by atoms with E-state index in [1.165, 1.54) is 6.07 Å². The van der Waals surface area contributed by atoms with Gasteiger partial charge in [-0.2, -0.15) is 0 Å².